The highest BCUT2D eigenvalue weighted by Gasteiger charge is 2.31. The zero-order chi connectivity index (χ0) is 20.0. The predicted molar refractivity (Wildman–Crippen MR) is 102 cm³/mol. The lowest BCUT2D eigenvalue weighted by atomic mass is 10.0. The number of hydrogen-bond donors (Lipinski definition) is 2. The highest BCUT2D eigenvalue weighted by atomic mass is 16.6. The van der Waals surface area contributed by atoms with Gasteiger partial charge in [0.2, 0.25) is 5.91 Å². The molecule has 8 nitrogen and oxygen atoms in total. The average Bonchev–Trinajstić information content (AvgIpc) is 2.58. The summed E-state index contributed by atoms with van der Waals surface area (Å²) in [5.74, 6) is -0.0718. The van der Waals surface area contributed by atoms with Crippen molar-refractivity contribution in [2.45, 2.75) is 77.5 Å². The quantitative estimate of drug-likeness (QED) is 0.782. The first-order valence-corrected chi connectivity index (χ1v) is 9.95. The average molecular weight is 383 g/mol. The van der Waals surface area contributed by atoms with Crippen molar-refractivity contribution in [1.82, 2.24) is 20.4 Å². The zero-order valence-corrected chi connectivity index (χ0v) is 17.0. The van der Waals surface area contributed by atoms with Crippen molar-refractivity contribution >= 4 is 18.0 Å². The Morgan fingerprint density at radius 3 is 2.48 bits per heavy atom. The molecule has 0 aliphatic carbocycles. The predicted octanol–water partition coefficient (Wildman–Crippen LogP) is 2.09. The summed E-state index contributed by atoms with van der Waals surface area (Å²) in [5.41, 5.74) is -0.533. The van der Waals surface area contributed by atoms with Crippen LogP contribution >= 0.6 is 0 Å². The second-order valence-electron chi connectivity index (χ2n) is 8.50. The highest BCUT2D eigenvalue weighted by molar-refractivity contribution is 5.75. The molecular formula is C19H34N4O4. The molecule has 0 bridgehead atoms. The van der Waals surface area contributed by atoms with Gasteiger partial charge in [0, 0.05) is 39.1 Å². The number of likely N-dealkylation sites (tertiary alicyclic amines) is 2. The van der Waals surface area contributed by atoms with Crippen LogP contribution in [0.15, 0.2) is 0 Å². The molecule has 4 amide bonds. The molecule has 0 aromatic heterocycles. The van der Waals surface area contributed by atoms with Gasteiger partial charge in [0.25, 0.3) is 0 Å². The SMILES string of the molecule is CC(=O)NC1CCCN(C(=O)NCC2CCCCN2C(=O)OC(C)(C)C)C1. The van der Waals surface area contributed by atoms with E-state index in [1.165, 1.54) is 6.92 Å². The van der Waals surface area contributed by atoms with Crippen LogP contribution in [-0.4, -0.2) is 71.7 Å². The fourth-order valence-corrected chi connectivity index (χ4v) is 3.66. The van der Waals surface area contributed by atoms with Crippen LogP contribution in [0.5, 0.6) is 0 Å². The molecule has 154 valence electrons. The Morgan fingerprint density at radius 2 is 1.81 bits per heavy atom. The van der Waals surface area contributed by atoms with Gasteiger partial charge < -0.3 is 25.2 Å². The number of carbonyl (C=O) groups is 3. The molecule has 0 saturated carbocycles. The molecule has 0 aromatic carbocycles. The number of nitrogens with one attached hydrogen (secondary N) is 2. The summed E-state index contributed by atoms with van der Waals surface area (Å²) in [5, 5.41) is 5.85. The number of nitrogens with zero attached hydrogens (tertiary/aromatic N) is 2. The first-order chi connectivity index (χ1) is 12.7. The van der Waals surface area contributed by atoms with Gasteiger partial charge in [-0.3, -0.25) is 4.79 Å². The van der Waals surface area contributed by atoms with E-state index in [4.69, 9.17) is 4.74 Å². The van der Waals surface area contributed by atoms with Crippen molar-refractivity contribution in [2.75, 3.05) is 26.2 Å². The van der Waals surface area contributed by atoms with Gasteiger partial charge >= 0.3 is 12.1 Å². The number of amides is 4. The molecular weight excluding hydrogens is 348 g/mol. The summed E-state index contributed by atoms with van der Waals surface area (Å²) < 4.78 is 5.51. The van der Waals surface area contributed by atoms with E-state index >= 15 is 0 Å². The highest BCUT2D eigenvalue weighted by Crippen LogP contribution is 2.20. The third-order valence-corrected chi connectivity index (χ3v) is 4.86. The van der Waals surface area contributed by atoms with Crippen LogP contribution in [0.2, 0.25) is 0 Å². The summed E-state index contributed by atoms with van der Waals surface area (Å²) in [6, 6.07) is -0.178. The molecule has 2 saturated heterocycles. The van der Waals surface area contributed by atoms with Crippen molar-refractivity contribution < 1.29 is 19.1 Å². The first kappa shape index (κ1) is 21.3. The Hall–Kier alpha value is -1.99. The van der Waals surface area contributed by atoms with E-state index in [1.807, 2.05) is 20.8 Å². The fraction of sp³-hybridized carbons (Fsp3) is 0.842. The molecule has 2 aliphatic rings. The topological polar surface area (TPSA) is 91.0 Å². The van der Waals surface area contributed by atoms with E-state index in [9.17, 15) is 14.4 Å². The molecule has 2 fully saturated rings. The monoisotopic (exact) mass is 382 g/mol. The molecule has 0 radical (unpaired) electrons. The second kappa shape index (κ2) is 9.28. The maximum Gasteiger partial charge on any atom is 0.410 e. The van der Waals surface area contributed by atoms with Crippen molar-refractivity contribution in [1.29, 1.82) is 0 Å². The van der Waals surface area contributed by atoms with Crippen LogP contribution in [0.3, 0.4) is 0 Å². The summed E-state index contributed by atoms with van der Waals surface area (Å²) in [6.07, 6.45) is 4.28. The van der Waals surface area contributed by atoms with Crippen LogP contribution in [0, 0.1) is 0 Å². The second-order valence-corrected chi connectivity index (χ2v) is 8.50. The zero-order valence-electron chi connectivity index (χ0n) is 17.0. The normalized spacial score (nSPS) is 23.6. The third-order valence-electron chi connectivity index (χ3n) is 4.86. The summed E-state index contributed by atoms with van der Waals surface area (Å²) in [7, 11) is 0. The lowest BCUT2D eigenvalue weighted by Crippen LogP contribution is -2.55. The standard InChI is InChI=1S/C19H34N4O4/c1-14(24)21-15-8-7-10-22(13-15)17(25)20-12-16-9-5-6-11-23(16)18(26)27-19(2,3)4/h15-16H,5-13H2,1-4H3,(H,20,25)(H,21,24). The molecule has 27 heavy (non-hydrogen) atoms. The minimum Gasteiger partial charge on any atom is -0.444 e. The molecule has 0 aromatic rings. The van der Waals surface area contributed by atoms with E-state index in [2.05, 4.69) is 10.6 Å². The van der Waals surface area contributed by atoms with Gasteiger partial charge in [0.05, 0.1) is 6.04 Å². The van der Waals surface area contributed by atoms with Gasteiger partial charge in [-0.05, 0) is 52.9 Å². The van der Waals surface area contributed by atoms with Gasteiger partial charge in [-0.25, -0.2) is 9.59 Å². The molecule has 0 spiro atoms. The molecule has 2 N–H and O–H groups in total. The van der Waals surface area contributed by atoms with Crippen LogP contribution in [0.25, 0.3) is 0 Å². The Morgan fingerprint density at radius 1 is 1.07 bits per heavy atom. The summed E-state index contributed by atoms with van der Waals surface area (Å²) in [4.78, 5) is 39.7. The molecule has 2 aliphatic heterocycles. The van der Waals surface area contributed by atoms with Crippen molar-refractivity contribution in [2.24, 2.45) is 0 Å². The number of rotatable bonds is 3. The first-order valence-electron chi connectivity index (χ1n) is 9.95. The Bertz CT molecular complexity index is 546. The smallest absolute Gasteiger partial charge is 0.410 e. The molecule has 2 atom stereocenters. The van der Waals surface area contributed by atoms with Crippen molar-refractivity contribution in [3.8, 4) is 0 Å². The van der Waals surface area contributed by atoms with E-state index in [-0.39, 0.29) is 30.1 Å². The van der Waals surface area contributed by atoms with E-state index in [1.54, 1.807) is 9.80 Å². The van der Waals surface area contributed by atoms with Gasteiger partial charge in [-0.15, -0.1) is 0 Å². The van der Waals surface area contributed by atoms with Crippen LogP contribution in [-0.2, 0) is 9.53 Å². The Balaban J connectivity index is 1.86. The van der Waals surface area contributed by atoms with E-state index < -0.39 is 5.60 Å². The maximum absolute atomic E-state index is 12.5. The minimum absolute atomic E-state index is 0.00921. The third kappa shape index (κ3) is 6.92. The van der Waals surface area contributed by atoms with Crippen molar-refractivity contribution in [3.63, 3.8) is 0 Å². The van der Waals surface area contributed by atoms with Gasteiger partial charge in [0.15, 0.2) is 0 Å². The number of ether oxygens (including phenoxy) is 1. The Kier molecular flexibility index (Phi) is 7.33. The molecule has 2 rings (SSSR count). The Labute approximate surface area is 162 Å². The van der Waals surface area contributed by atoms with E-state index in [0.717, 1.165) is 32.1 Å². The van der Waals surface area contributed by atoms with Crippen LogP contribution in [0.1, 0.15) is 59.8 Å². The van der Waals surface area contributed by atoms with Gasteiger partial charge in [-0.2, -0.15) is 0 Å². The number of urea groups is 1. The lowest BCUT2D eigenvalue weighted by Gasteiger charge is -2.38. The number of piperidine rings is 2. The summed E-state index contributed by atoms with van der Waals surface area (Å²) >= 11 is 0. The number of hydrogen-bond acceptors (Lipinski definition) is 4. The summed E-state index contributed by atoms with van der Waals surface area (Å²) in [6.45, 7) is 9.33. The number of carbonyl (C=O) groups excluding carboxylic acids is 3. The molecule has 8 heteroatoms. The largest absolute Gasteiger partial charge is 0.444 e. The fourth-order valence-electron chi connectivity index (χ4n) is 3.66. The van der Waals surface area contributed by atoms with Crippen LogP contribution in [0.4, 0.5) is 9.59 Å². The lowest BCUT2D eigenvalue weighted by molar-refractivity contribution is -0.119. The minimum atomic E-state index is -0.533. The van der Waals surface area contributed by atoms with Crippen LogP contribution < -0.4 is 10.6 Å². The van der Waals surface area contributed by atoms with Gasteiger partial charge in [0.1, 0.15) is 5.60 Å². The van der Waals surface area contributed by atoms with E-state index in [0.29, 0.717) is 26.2 Å². The van der Waals surface area contributed by atoms with Gasteiger partial charge in [-0.1, -0.05) is 0 Å². The molecule has 2 heterocycles. The molecule has 2 unspecified atom stereocenters. The maximum atomic E-state index is 12.5. The van der Waals surface area contributed by atoms with Crippen molar-refractivity contribution in [3.05, 3.63) is 0 Å².